The first-order valence-corrected chi connectivity index (χ1v) is 10.4. The van der Waals surface area contributed by atoms with E-state index < -0.39 is 0 Å². The minimum absolute atomic E-state index is 0.0421. The molecule has 1 aromatic carbocycles. The van der Waals surface area contributed by atoms with Crippen molar-refractivity contribution >= 4 is 17.6 Å². The summed E-state index contributed by atoms with van der Waals surface area (Å²) in [6, 6.07) is 7.32. The van der Waals surface area contributed by atoms with Gasteiger partial charge in [-0.05, 0) is 55.9 Å². The molecule has 28 heavy (non-hydrogen) atoms. The lowest BCUT2D eigenvalue weighted by molar-refractivity contribution is -0.139. The number of urea groups is 1. The number of amides is 3. The number of benzene rings is 1. The highest BCUT2D eigenvalue weighted by molar-refractivity contribution is 5.89. The number of hydrogen-bond donors (Lipinski definition) is 1. The molecule has 0 unspecified atom stereocenters. The van der Waals surface area contributed by atoms with Crippen LogP contribution in [0.15, 0.2) is 24.3 Å². The van der Waals surface area contributed by atoms with Crippen LogP contribution in [-0.2, 0) is 4.79 Å². The Morgan fingerprint density at radius 1 is 1.21 bits per heavy atom. The summed E-state index contributed by atoms with van der Waals surface area (Å²) < 4.78 is 5.16. The van der Waals surface area contributed by atoms with Crippen LogP contribution < -0.4 is 10.1 Å². The van der Waals surface area contributed by atoms with Crippen LogP contribution in [0, 0.1) is 11.3 Å². The maximum Gasteiger partial charge on any atom is 0.321 e. The maximum absolute atomic E-state index is 12.8. The first-order valence-electron chi connectivity index (χ1n) is 10.4. The number of carbonyl (C=O) groups excluding carboxylic acids is 2. The summed E-state index contributed by atoms with van der Waals surface area (Å²) >= 11 is 0. The molecule has 1 N–H and O–H groups in total. The Balaban J connectivity index is 1.61. The summed E-state index contributed by atoms with van der Waals surface area (Å²) in [6.45, 7) is 7.48. The van der Waals surface area contributed by atoms with E-state index in [1.165, 1.54) is 0 Å². The van der Waals surface area contributed by atoms with Crippen LogP contribution in [0.5, 0.6) is 5.75 Å². The Kier molecular flexibility index (Phi) is 6.47. The van der Waals surface area contributed by atoms with Crippen molar-refractivity contribution in [2.75, 3.05) is 38.6 Å². The summed E-state index contributed by atoms with van der Waals surface area (Å²) in [6.07, 6.45) is 4.60. The van der Waals surface area contributed by atoms with Gasteiger partial charge in [0.15, 0.2) is 0 Å². The number of anilines is 1. The molecule has 2 aliphatic heterocycles. The lowest BCUT2D eigenvalue weighted by Crippen LogP contribution is -2.55. The molecule has 0 bridgehead atoms. The zero-order valence-corrected chi connectivity index (χ0v) is 17.4. The van der Waals surface area contributed by atoms with Crippen molar-refractivity contribution in [1.29, 1.82) is 0 Å². The SMILES string of the molecule is COc1ccc(NC(=O)N2CCC[C@@]3(CCC(=O)N(CCC(C)C)C3)C2)cc1. The number of hydrogen-bond acceptors (Lipinski definition) is 3. The van der Waals surface area contributed by atoms with Crippen molar-refractivity contribution in [2.45, 2.75) is 46.0 Å². The van der Waals surface area contributed by atoms with Crippen LogP contribution in [0.3, 0.4) is 0 Å². The number of nitrogens with zero attached hydrogens (tertiary/aromatic N) is 2. The molecule has 6 heteroatoms. The van der Waals surface area contributed by atoms with Gasteiger partial charge < -0.3 is 19.9 Å². The molecule has 2 saturated heterocycles. The van der Waals surface area contributed by atoms with Crippen LogP contribution in [0.2, 0.25) is 0 Å². The lowest BCUT2D eigenvalue weighted by atomic mass is 9.73. The molecule has 2 heterocycles. The number of piperidine rings is 2. The Hall–Kier alpha value is -2.24. The highest BCUT2D eigenvalue weighted by Crippen LogP contribution is 2.39. The van der Waals surface area contributed by atoms with Gasteiger partial charge in [-0.15, -0.1) is 0 Å². The van der Waals surface area contributed by atoms with Gasteiger partial charge in [0, 0.05) is 43.7 Å². The average molecular weight is 388 g/mol. The quantitative estimate of drug-likeness (QED) is 0.831. The summed E-state index contributed by atoms with van der Waals surface area (Å²) in [5.74, 6) is 1.62. The fourth-order valence-electron chi connectivity index (χ4n) is 4.31. The van der Waals surface area contributed by atoms with Crippen molar-refractivity contribution < 1.29 is 14.3 Å². The van der Waals surface area contributed by atoms with Gasteiger partial charge in [0.05, 0.1) is 7.11 Å². The average Bonchev–Trinajstić information content (AvgIpc) is 2.69. The van der Waals surface area contributed by atoms with Gasteiger partial charge in [0.25, 0.3) is 0 Å². The minimum Gasteiger partial charge on any atom is -0.497 e. The second-order valence-electron chi connectivity index (χ2n) is 8.68. The smallest absolute Gasteiger partial charge is 0.321 e. The number of carbonyl (C=O) groups is 2. The molecule has 1 aromatic rings. The van der Waals surface area contributed by atoms with Gasteiger partial charge in [0.2, 0.25) is 5.91 Å². The number of ether oxygens (including phenoxy) is 1. The van der Waals surface area contributed by atoms with Crippen molar-refractivity contribution in [1.82, 2.24) is 9.80 Å². The molecule has 1 atom stereocenters. The molecular weight excluding hydrogens is 354 g/mol. The highest BCUT2D eigenvalue weighted by atomic mass is 16.5. The second kappa shape index (κ2) is 8.84. The van der Waals surface area contributed by atoms with Crippen LogP contribution in [-0.4, -0.2) is 55.0 Å². The van der Waals surface area contributed by atoms with Crippen LogP contribution in [0.4, 0.5) is 10.5 Å². The third-order valence-corrected chi connectivity index (χ3v) is 6.01. The van der Waals surface area contributed by atoms with Crippen molar-refractivity contribution in [3.63, 3.8) is 0 Å². The van der Waals surface area contributed by atoms with Crippen LogP contribution in [0.1, 0.15) is 46.0 Å². The summed E-state index contributed by atoms with van der Waals surface area (Å²) in [4.78, 5) is 29.1. The zero-order chi connectivity index (χ0) is 20.1. The topological polar surface area (TPSA) is 61.9 Å². The Morgan fingerprint density at radius 2 is 1.96 bits per heavy atom. The van der Waals surface area contributed by atoms with Gasteiger partial charge in [-0.2, -0.15) is 0 Å². The van der Waals surface area contributed by atoms with E-state index in [-0.39, 0.29) is 17.4 Å². The first-order chi connectivity index (χ1) is 13.4. The van der Waals surface area contributed by atoms with Crippen molar-refractivity contribution in [3.8, 4) is 5.75 Å². The molecule has 0 radical (unpaired) electrons. The molecular formula is C22H33N3O3. The predicted molar refractivity (Wildman–Crippen MR) is 111 cm³/mol. The molecule has 0 saturated carbocycles. The number of methoxy groups -OCH3 is 1. The molecule has 2 aliphatic rings. The molecule has 2 fully saturated rings. The van der Waals surface area contributed by atoms with Crippen molar-refractivity contribution in [2.24, 2.45) is 11.3 Å². The van der Waals surface area contributed by atoms with E-state index in [4.69, 9.17) is 4.74 Å². The molecule has 3 rings (SSSR count). The van der Waals surface area contributed by atoms with E-state index in [0.29, 0.717) is 12.3 Å². The third-order valence-electron chi connectivity index (χ3n) is 6.01. The van der Waals surface area contributed by atoms with E-state index in [2.05, 4.69) is 19.2 Å². The summed E-state index contributed by atoms with van der Waals surface area (Å²) in [7, 11) is 1.63. The van der Waals surface area contributed by atoms with Gasteiger partial charge in [-0.3, -0.25) is 4.79 Å². The zero-order valence-electron chi connectivity index (χ0n) is 17.4. The number of rotatable bonds is 5. The van der Waals surface area contributed by atoms with E-state index in [9.17, 15) is 9.59 Å². The second-order valence-corrected chi connectivity index (χ2v) is 8.68. The van der Waals surface area contributed by atoms with E-state index >= 15 is 0 Å². The fourth-order valence-corrected chi connectivity index (χ4v) is 4.31. The van der Waals surface area contributed by atoms with E-state index in [1.54, 1.807) is 7.11 Å². The number of likely N-dealkylation sites (tertiary alicyclic amines) is 2. The Labute approximate surface area is 168 Å². The minimum atomic E-state index is -0.0603. The predicted octanol–water partition coefficient (Wildman–Crippen LogP) is 3.98. The first kappa shape index (κ1) is 20.5. The summed E-state index contributed by atoms with van der Waals surface area (Å²) in [5.41, 5.74) is 0.809. The standard InChI is InChI=1S/C22H33N3O3/c1-17(2)10-14-24-15-22(12-9-20(24)26)11-4-13-25(16-22)21(27)23-18-5-7-19(28-3)8-6-18/h5-8,17H,4,9-16H2,1-3H3,(H,23,27)/t22-/m0/s1. The maximum atomic E-state index is 12.8. The lowest BCUT2D eigenvalue weighted by Gasteiger charge is -2.48. The molecule has 154 valence electrons. The Morgan fingerprint density at radius 3 is 2.64 bits per heavy atom. The largest absolute Gasteiger partial charge is 0.497 e. The monoisotopic (exact) mass is 387 g/mol. The van der Waals surface area contributed by atoms with E-state index in [0.717, 1.165) is 63.3 Å². The molecule has 6 nitrogen and oxygen atoms in total. The third kappa shape index (κ3) is 4.97. The van der Waals surface area contributed by atoms with Crippen LogP contribution in [0.25, 0.3) is 0 Å². The molecule has 0 aliphatic carbocycles. The normalized spacial score (nSPS) is 22.6. The van der Waals surface area contributed by atoms with Crippen molar-refractivity contribution in [3.05, 3.63) is 24.3 Å². The molecule has 1 spiro atoms. The number of nitrogens with one attached hydrogen (secondary N) is 1. The van der Waals surface area contributed by atoms with E-state index in [1.807, 2.05) is 34.1 Å². The van der Waals surface area contributed by atoms with Gasteiger partial charge in [-0.1, -0.05) is 13.8 Å². The van der Waals surface area contributed by atoms with Gasteiger partial charge in [0.1, 0.15) is 5.75 Å². The molecule has 3 amide bonds. The van der Waals surface area contributed by atoms with Gasteiger partial charge in [-0.25, -0.2) is 4.79 Å². The highest BCUT2D eigenvalue weighted by Gasteiger charge is 2.42. The van der Waals surface area contributed by atoms with Gasteiger partial charge >= 0.3 is 6.03 Å². The molecule has 0 aromatic heterocycles. The summed E-state index contributed by atoms with van der Waals surface area (Å²) in [5, 5.41) is 3.00. The Bertz CT molecular complexity index is 689. The fraction of sp³-hybridized carbons (Fsp3) is 0.636. The van der Waals surface area contributed by atoms with Crippen LogP contribution >= 0.6 is 0 Å².